The number of nitrogens with one attached hydrogen (secondary N) is 1. The van der Waals surface area contributed by atoms with Gasteiger partial charge in [-0.3, -0.25) is 4.79 Å². The third kappa shape index (κ3) is 9.86. The molecule has 0 aromatic heterocycles. The molecule has 2 aromatic carbocycles. The molecule has 2 fully saturated rings. The fourth-order valence-corrected chi connectivity index (χ4v) is 5.40. The summed E-state index contributed by atoms with van der Waals surface area (Å²) < 4.78 is 20.9. The monoisotopic (exact) mass is 639 g/mol. The minimum Gasteiger partial charge on any atom is -0.469 e. The molecular weight excluding hydrogens is 590 g/mol. The van der Waals surface area contributed by atoms with Gasteiger partial charge >= 0.3 is 24.2 Å². The average molecular weight is 640 g/mol. The average Bonchev–Trinajstić information content (AvgIpc) is 3.48. The van der Waals surface area contributed by atoms with Gasteiger partial charge in [0.25, 0.3) is 0 Å². The molecule has 2 aliphatic heterocycles. The van der Waals surface area contributed by atoms with Crippen LogP contribution in [0.4, 0.5) is 14.4 Å². The third-order valence-electron chi connectivity index (χ3n) is 8.57. The minimum absolute atomic E-state index is 0.0363. The van der Waals surface area contributed by atoms with Crippen LogP contribution in [0.15, 0.2) is 60.7 Å². The molecule has 0 radical (unpaired) electrons. The van der Waals surface area contributed by atoms with Gasteiger partial charge in [0.2, 0.25) is 0 Å². The molecule has 0 bridgehead atoms. The Kier molecular flexibility index (Phi) is 12.1. The van der Waals surface area contributed by atoms with E-state index < -0.39 is 28.7 Å². The number of benzene rings is 2. The van der Waals surface area contributed by atoms with Gasteiger partial charge in [-0.15, -0.1) is 0 Å². The number of amides is 3. The molecule has 2 aliphatic rings. The van der Waals surface area contributed by atoms with E-state index in [1.54, 1.807) is 9.80 Å². The van der Waals surface area contributed by atoms with Crippen LogP contribution >= 0.6 is 0 Å². The molecule has 0 aliphatic carbocycles. The number of likely N-dealkylation sites (tertiary alicyclic amines) is 2. The van der Waals surface area contributed by atoms with Gasteiger partial charge in [-0.05, 0) is 57.6 Å². The summed E-state index contributed by atoms with van der Waals surface area (Å²) in [7, 11) is 1.37. The van der Waals surface area contributed by atoms with E-state index in [4.69, 9.17) is 18.9 Å². The van der Waals surface area contributed by atoms with E-state index in [2.05, 4.69) is 5.32 Å². The molecule has 11 nitrogen and oxygen atoms in total. The number of nitrogens with zero attached hydrogens (tertiary/aromatic N) is 2. The van der Waals surface area contributed by atoms with Gasteiger partial charge in [0, 0.05) is 26.2 Å². The van der Waals surface area contributed by atoms with Gasteiger partial charge in [0.05, 0.1) is 18.1 Å². The van der Waals surface area contributed by atoms with Crippen molar-refractivity contribution in [2.45, 2.75) is 72.8 Å². The van der Waals surface area contributed by atoms with E-state index in [0.717, 1.165) is 11.1 Å². The first-order valence-corrected chi connectivity index (χ1v) is 15.6. The number of carbonyl (C=O) groups is 4. The molecule has 4 rings (SSSR count). The highest BCUT2D eigenvalue weighted by molar-refractivity contribution is 5.79. The van der Waals surface area contributed by atoms with Crippen molar-refractivity contribution in [3.63, 3.8) is 0 Å². The number of ether oxygens (including phenoxy) is 4. The predicted molar refractivity (Wildman–Crippen MR) is 173 cm³/mol. The highest BCUT2D eigenvalue weighted by Gasteiger charge is 2.49. The lowest BCUT2D eigenvalue weighted by Crippen LogP contribution is -2.52. The molecule has 2 saturated heterocycles. The first-order valence-electron chi connectivity index (χ1n) is 15.6. The first-order chi connectivity index (χ1) is 21.6. The van der Waals surface area contributed by atoms with Crippen molar-refractivity contribution in [2.75, 3.05) is 33.3 Å². The van der Waals surface area contributed by atoms with E-state index in [-0.39, 0.29) is 37.1 Å². The van der Waals surface area contributed by atoms with E-state index >= 15 is 0 Å². The fraction of sp³-hybridized carbons (Fsp3) is 0.543. The quantitative estimate of drug-likeness (QED) is 0.301. The van der Waals surface area contributed by atoms with Crippen LogP contribution in [0, 0.1) is 17.3 Å². The topological polar surface area (TPSA) is 124 Å². The van der Waals surface area contributed by atoms with Crippen molar-refractivity contribution in [3.05, 3.63) is 71.8 Å². The van der Waals surface area contributed by atoms with Crippen LogP contribution in [0.1, 0.15) is 59.6 Å². The third-order valence-corrected chi connectivity index (χ3v) is 8.57. The Morgan fingerprint density at radius 2 is 1.24 bits per heavy atom. The largest absolute Gasteiger partial charge is 0.469 e. The van der Waals surface area contributed by atoms with Gasteiger partial charge in [-0.1, -0.05) is 74.5 Å². The maximum absolute atomic E-state index is 12.3. The van der Waals surface area contributed by atoms with Crippen LogP contribution in [0.3, 0.4) is 0 Å². The molecule has 2 aromatic rings. The van der Waals surface area contributed by atoms with Crippen LogP contribution in [0.5, 0.6) is 0 Å². The number of methoxy groups -OCH3 is 1. The van der Waals surface area contributed by atoms with Crippen molar-refractivity contribution < 1.29 is 38.1 Å². The molecule has 0 spiro atoms. The SMILES string of the molecule is COC(=O)[C@]1(C)CN(C(=O)OCc2ccccc2)C[C@@H]1C.C[C@H]1CN(C(=O)OCc2ccccc2)C[C@@]1(C)NC(=O)OC(C)(C)C. The highest BCUT2D eigenvalue weighted by Crippen LogP contribution is 2.37. The van der Waals surface area contributed by atoms with E-state index in [0.29, 0.717) is 26.2 Å². The second-order valence-corrected chi connectivity index (χ2v) is 13.6. The summed E-state index contributed by atoms with van der Waals surface area (Å²) in [5.41, 5.74) is 0.108. The van der Waals surface area contributed by atoms with Gasteiger partial charge in [0.1, 0.15) is 18.8 Å². The van der Waals surface area contributed by atoms with E-state index in [1.807, 2.05) is 109 Å². The highest BCUT2D eigenvalue weighted by atomic mass is 16.6. The summed E-state index contributed by atoms with van der Waals surface area (Å²) in [6.07, 6.45) is -1.23. The summed E-state index contributed by atoms with van der Waals surface area (Å²) in [5.74, 6) is -0.160. The van der Waals surface area contributed by atoms with Crippen LogP contribution in [-0.4, -0.2) is 78.5 Å². The Bertz CT molecular complexity index is 1330. The second-order valence-electron chi connectivity index (χ2n) is 13.6. The van der Waals surface area contributed by atoms with Crippen molar-refractivity contribution >= 4 is 24.2 Å². The zero-order valence-electron chi connectivity index (χ0n) is 28.3. The summed E-state index contributed by atoms with van der Waals surface area (Å²) in [4.78, 5) is 51.6. The first kappa shape index (κ1) is 36.2. The van der Waals surface area contributed by atoms with Crippen LogP contribution in [-0.2, 0) is 37.0 Å². The molecule has 1 N–H and O–H groups in total. The van der Waals surface area contributed by atoms with E-state index in [9.17, 15) is 19.2 Å². The fourth-order valence-electron chi connectivity index (χ4n) is 5.40. The standard InChI is InChI=1S/C19H28N2O4.C16H21NO4/c1-14-11-21(17(23)24-12-15-9-7-6-8-10-15)13-19(14,5)20-16(22)25-18(2,3)4;1-12-9-17(11-16(12,2)14(18)20-3)15(19)21-10-13-7-5-4-6-8-13/h6-10,14H,11-13H2,1-5H3,(H,20,22);4-8,12H,9-11H2,1-3H3/t14-,19+;12-,16+/m00/s1. The predicted octanol–water partition coefficient (Wildman–Crippen LogP) is 6.01. The Morgan fingerprint density at radius 3 is 1.70 bits per heavy atom. The van der Waals surface area contributed by atoms with Crippen molar-refractivity contribution in [3.8, 4) is 0 Å². The molecule has 4 atom stereocenters. The minimum atomic E-state index is -0.666. The lowest BCUT2D eigenvalue weighted by Gasteiger charge is -2.31. The van der Waals surface area contributed by atoms with Gasteiger partial charge in [0.15, 0.2) is 0 Å². The smallest absolute Gasteiger partial charge is 0.410 e. The number of carbonyl (C=O) groups excluding carboxylic acids is 4. The lowest BCUT2D eigenvalue weighted by molar-refractivity contribution is -0.152. The summed E-state index contributed by atoms with van der Waals surface area (Å²) in [5, 5.41) is 2.91. The number of hydrogen-bond donors (Lipinski definition) is 1. The van der Waals surface area contributed by atoms with Crippen LogP contribution < -0.4 is 5.32 Å². The zero-order valence-corrected chi connectivity index (χ0v) is 28.3. The van der Waals surface area contributed by atoms with Crippen molar-refractivity contribution in [1.29, 1.82) is 0 Å². The zero-order chi connectivity index (χ0) is 34.1. The summed E-state index contributed by atoms with van der Waals surface area (Å²) in [6, 6.07) is 19.1. The Labute approximate surface area is 272 Å². The molecule has 2 heterocycles. The Balaban J connectivity index is 0.000000254. The maximum atomic E-state index is 12.3. The van der Waals surface area contributed by atoms with Crippen LogP contribution in [0.2, 0.25) is 0 Å². The molecule has 0 saturated carbocycles. The molecule has 0 unspecified atom stereocenters. The summed E-state index contributed by atoms with van der Waals surface area (Å²) >= 11 is 0. The van der Waals surface area contributed by atoms with Gasteiger partial charge < -0.3 is 34.1 Å². The molecule has 3 amide bonds. The molecular formula is C35H49N3O8. The normalized spacial score (nSPS) is 23.9. The summed E-state index contributed by atoms with van der Waals surface area (Å²) in [6.45, 7) is 15.4. The van der Waals surface area contributed by atoms with Gasteiger partial charge in [-0.25, -0.2) is 14.4 Å². The lowest BCUT2D eigenvalue weighted by atomic mass is 9.81. The maximum Gasteiger partial charge on any atom is 0.410 e. The van der Waals surface area contributed by atoms with Gasteiger partial charge in [-0.2, -0.15) is 0 Å². The van der Waals surface area contributed by atoms with E-state index in [1.165, 1.54) is 7.11 Å². The van der Waals surface area contributed by atoms with Crippen molar-refractivity contribution in [1.82, 2.24) is 15.1 Å². The number of hydrogen-bond acceptors (Lipinski definition) is 8. The molecule has 252 valence electrons. The number of alkyl carbamates (subject to hydrolysis) is 1. The van der Waals surface area contributed by atoms with Crippen LogP contribution in [0.25, 0.3) is 0 Å². The number of esters is 1. The molecule has 46 heavy (non-hydrogen) atoms. The Hall–Kier alpha value is -4.28. The van der Waals surface area contributed by atoms with Crippen molar-refractivity contribution in [2.24, 2.45) is 17.3 Å². The Morgan fingerprint density at radius 1 is 0.783 bits per heavy atom. The number of rotatable bonds is 6. The second kappa shape index (κ2) is 15.3. The molecule has 11 heteroatoms.